The number of anilines is 2. The lowest BCUT2D eigenvalue weighted by molar-refractivity contribution is 0.122. The molecule has 1 aliphatic heterocycles. The van der Waals surface area contributed by atoms with E-state index in [0.717, 1.165) is 54.3 Å². The number of fused-ring (bicyclic) bond motifs is 1. The number of hydrogen-bond acceptors (Lipinski definition) is 7. The molecule has 0 saturated carbocycles. The molecule has 2 aromatic heterocycles. The number of nitrogens with zero attached hydrogens (tertiary/aromatic N) is 2. The highest BCUT2D eigenvalue weighted by Crippen LogP contribution is 2.33. The van der Waals surface area contributed by atoms with Gasteiger partial charge in [0.05, 0.1) is 13.2 Å². The van der Waals surface area contributed by atoms with Crippen molar-refractivity contribution in [1.29, 1.82) is 0 Å². The summed E-state index contributed by atoms with van der Waals surface area (Å²) in [7, 11) is 1.97. The highest BCUT2D eigenvalue weighted by molar-refractivity contribution is 7.10. The second-order valence-electron chi connectivity index (χ2n) is 8.21. The minimum atomic E-state index is -0.342. The minimum absolute atomic E-state index is 0.342. The fourth-order valence-corrected chi connectivity index (χ4v) is 5.17. The summed E-state index contributed by atoms with van der Waals surface area (Å²) < 4.78 is 5.50. The van der Waals surface area contributed by atoms with Gasteiger partial charge >= 0.3 is 0 Å². The molecule has 0 radical (unpaired) electrons. The molecule has 1 aliphatic rings. The summed E-state index contributed by atoms with van der Waals surface area (Å²) in [5.41, 5.74) is 11.5. The second-order valence-corrected chi connectivity index (χ2v) is 9.15. The molecular weight excluding hydrogens is 430 g/mol. The first-order chi connectivity index (χ1) is 16.2. The maximum atomic E-state index is 6.61. The molecule has 0 spiro atoms. The Balaban J connectivity index is 1.40. The van der Waals surface area contributed by atoms with Gasteiger partial charge in [0.25, 0.3) is 0 Å². The van der Waals surface area contributed by atoms with Crippen LogP contribution in [-0.2, 0) is 11.3 Å². The molecule has 0 amide bonds. The van der Waals surface area contributed by atoms with Gasteiger partial charge in [-0.05, 0) is 58.8 Å². The van der Waals surface area contributed by atoms with E-state index in [9.17, 15) is 0 Å². The first kappa shape index (κ1) is 21.9. The first-order valence-corrected chi connectivity index (χ1v) is 12.2. The van der Waals surface area contributed by atoms with Gasteiger partial charge in [-0.15, -0.1) is 11.3 Å². The zero-order valence-corrected chi connectivity index (χ0v) is 19.6. The predicted octanol–water partition coefficient (Wildman–Crippen LogP) is 4.59. The quantitative estimate of drug-likeness (QED) is 0.351. The van der Waals surface area contributed by atoms with Gasteiger partial charge in [0.15, 0.2) is 0 Å². The average molecular weight is 460 g/mol. The maximum Gasteiger partial charge on any atom is 0.135 e. The molecule has 4 aromatic rings. The summed E-state index contributed by atoms with van der Waals surface area (Å²) >= 11 is 1.67. The van der Waals surface area contributed by atoms with Crippen LogP contribution in [0.1, 0.15) is 16.6 Å². The summed E-state index contributed by atoms with van der Waals surface area (Å²) in [6.45, 7) is 4.16. The summed E-state index contributed by atoms with van der Waals surface area (Å²) in [6.07, 6.45) is 1.49. The number of nitrogens with two attached hydrogens (primary N) is 1. The monoisotopic (exact) mass is 459 g/mol. The molecule has 5 rings (SSSR count). The molecule has 170 valence electrons. The standard InChI is InChI=1S/C26H29N5OS/c1-28-16-19-4-2-3-5-22(19)20-14-24(33-17-20)25(27)30-26-23-15-21(31-10-12-32-13-11-31)7-6-18(23)8-9-29-26/h2-9,14-15,17,25,28H,10-13,16,27H2,1H3,(H,29,30)/t25-/m0/s1. The zero-order chi connectivity index (χ0) is 22.6. The lowest BCUT2D eigenvalue weighted by Crippen LogP contribution is -2.36. The maximum absolute atomic E-state index is 6.61. The van der Waals surface area contributed by atoms with E-state index < -0.39 is 0 Å². The predicted molar refractivity (Wildman–Crippen MR) is 138 cm³/mol. The summed E-state index contributed by atoms with van der Waals surface area (Å²) in [6, 6.07) is 19.2. The number of morpholine rings is 1. The number of pyridine rings is 1. The second kappa shape index (κ2) is 9.89. The van der Waals surface area contributed by atoms with Gasteiger partial charge in [0, 0.05) is 41.8 Å². The molecule has 0 aliphatic carbocycles. The van der Waals surface area contributed by atoms with E-state index in [4.69, 9.17) is 10.5 Å². The Bertz CT molecular complexity index is 1230. The molecule has 0 bridgehead atoms. The minimum Gasteiger partial charge on any atom is -0.378 e. The van der Waals surface area contributed by atoms with Crippen LogP contribution in [0, 0.1) is 0 Å². The Labute approximate surface area is 198 Å². The Hall–Kier alpha value is -2.97. The Morgan fingerprint density at radius 1 is 1.12 bits per heavy atom. The fraction of sp³-hybridized carbons (Fsp3) is 0.269. The third-order valence-corrected chi connectivity index (χ3v) is 7.06. The van der Waals surface area contributed by atoms with E-state index in [0.29, 0.717) is 0 Å². The van der Waals surface area contributed by atoms with Crippen molar-refractivity contribution in [2.45, 2.75) is 12.7 Å². The smallest absolute Gasteiger partial charge is 0.135 e. The third kappa shape index (κ3) is 4.72. The van der Waals surface area contributed by atoms with Gasteiger partial charge in [-0.25, -0.2) is 4.98 Å². The normalized spacial score (nSPS) is 15.0. The number of ether oxygens (including phenoxy) is 1. The largest absolute Gasteiger partial charge is 0.378 e. The Morgan fingerprint density at radius 3 is 2.82 bits per heavy atom. The average Bonchev–Trinajstić information content (AvgIpc) is 3.35. The van der Waals surface area contributed by atoms with E-state index in [2.05, 4.69) is 74.4 Å². The van der Waals surface area contributed by atoms with Crippen molar-refractivity contribution in [3.8, 4) is 11.1 Å². The van der Waals surface area contributed by atoms with Crippen LogP contribution in [0.5, 0.6) is 0 Å². The lowest BCUT2D eigenvalue weighted by Gasteiger charge is -2.29. The molecule has 33 heavy (non-hydrogen) atoms. The Kier molecular flexibility index (Phi) is 6.55. The van der Waals surface area contributed by atoms with Crippen LogP contribution in [0.4, 0.5) is 11.5 Å². The highest BCUT2D eigenvalue weighted by atomic mass is 32.1. The number of benzene rings is 2. The van der Waals surface area contributed by atoms with Gasteiger partial charge in [-0.3, -0.25) is 0 Å². The van der Waals surface area contributed by atoms with Gasteiger partial charge in [0.2, 0.25) is 0 Å². The molecule has 0 unspecified atom stereocenters. The number of nitrogens with one attached hydrogen (secondary N) is 2. The van der Waals surface area contributed by atoms with Crippen molar-refractivity contribution < 1.29 is 4.74 Å². The van der Waals surface area contributed by atoms with Crippen molar-refractivity contribution in [2.75, 3.05) is 43.6 Å². The summed E-state index contributed by atoms with van der Waals surface area (Å²) in [4.78, 5) is 8.06. The summed E-state index contributed by atoms with van der Waals surface area (Å²) in [5, 5.41) is 11.1. The van der Waals surface area contributed by atoms with Crippen LogP contribution >= 0.6 is 11.3 Å². The van der Waals surface area contributed by atoms with E-state index in [1.54, 1.807) is 11.3 Å². The van der Waals surface area contributed by atoms with Crippen molar-refractivity contribution in [1.82, 2.24) is 10.3 Å². The zero-order valence-electron chi connectivity index (χ0n) is 18.8. The van der Waals surface area contributed by atoms with Crippen LogP contribution < -0.4 is 21.3 Å². The van der Waals surface area contributed by atoms with Crippen LogP contribution in [0.15, 0.2) is 66.2 Å². The van der Waals surface area contributed by atoms with E-state index in [-0.39, 0.29) is 6.17 Å². The van der Waals surface area contributed by atoms with Gasteiger partial charge < -0.3 is 26.0 Å². The van der Waals surface area contributed by atoms with Crippen LogP contribution in [-0.4, -0.2) is 38.3 Å². The molecule has 1 saturated heterocycles. The molecule has 1 atom stereocenters. The van der Waals surface area contributed by atoms with E-state index in [1.807, 2.05) is 19.3 Å². The van der Waals surface area contributed by atoms with Crippen molar-refractivity contribution in [2.24, 2.45) is 5.73 Å². The molecule has 6 nitrogen and oxygen atoms in total. The molecule has 7 heteroatoms. The Morgan fingerprint density at radius 2 is 1.97 bits per heavy atom. The molecule has 3 heterocycles. The van der Waals surface area contributed by atoms with Crippen LogP contribution in [0.25, 0.3) is 21.9 Å². The molecule has 1 fully saturated rings. The van der Waals surface area contributed by atoms with Crippen molar-refractivity contribution in [3.63, 3.8) is 0 Å². The number of rotatable bonds is 7. The van der Waals surface area contributed by atoms with Crippen molar-refractivity contribution >= 4 is 33.6 Å². The van der Waals surface area contributed by atoms with Gasteiger partial charge in [-0.1, -0.05) is 30.3 Å². The topological polar surface area (TPSA) is 75.4 Å². The summed E-state index contributed by atoms with van der Waals surface area (Å²) in [5.74, 6) is 0.806. The first-order valence-electron chi connectivity index (χ1n) is 11.3. The number of hydrogen-bond donors (Lipinski definition) is 3. The van der Waals surface area contributed by atoms with Crippen molar-refractivity contribution in [3.05, 3.63) is 76.6 Å². The third-order valence-electron chi connectivity index (χ3n) is 6.04. The van der Waals surface area contributed by atoms with E-state index >= 15 is 0 Å². The van der Waals surface area contributed by atoms with Crippen LogP contribution in [0.3, 0.4) is 0 Å². The lowest BCUT2D eigenvalue weighted by atomic mass is 10.0. The SMILES string of the molecule is CNCc1ccccc1-c1csc([C@@H](N)Nc2nccc3ccc(N4CCOCC4)cc23)c1. The molecular formula is C26H29N5OS. The van der Waals surface area contributed by atoms with Crippen LogP contribution in [0.2, 0.25) is 0 Å². The van der Waals surface area contributed by atoms with Gasteiger partial charge in [0.1, 0.15) is 12.0 Å². The fourth-order valence-electron chi connectivity index (χ4n) is 4.31. The highest BCUT2D eigenvalue weighted by Gasteiger charge is 2.16. The van der Waals surface area contributed by atoms with E-state index in [1.165, 1.54) is 22.4 Å². The van der Waals surface area contributed by atoms with Gasteiger partial charge in [-0.2, -0.15) is 0 Å². The molecule has 2 aromatic carbocycles. The number of aromatic nitrogens is 1. The molecule has 4 N–H and O–H groups in total. The number of thiophene rings is 1.